The Hall–Kier alpha value is -0.643. The molecule has 1 heterocycles. The molecule has 2 unspecified atom stereocenters. The van der Waals surface area contributed by atoms with E-state index >= 15 is 0 Å². The molecule has 1 fully saturated rings. The average Bonchev–Trinajstić information content (AvgIpc) is 2.40. The van der Waals surface area contributed by atoms with E-state index < -0.39 is 8.07 Å². The van der Waals surface area contributed by atoms with E-state index in [2.05, 4.69) is 55.7 Å². The molecule has 0 aromatic heterocycles. The highest BCUT2D eigenvalue weighted by Gasteiger charge is 2.25. The SMILES string of the molecule is CC1CCN(Cc2ccc([Si](C)(C)C)cc2)C(CN)C1. The Bertz CT molecular complexity index is 422. The second-order valence-corrected chi connectivity index (χ2v) is 12.5. The number of benzene rings is 1. The molecule has 0 spiro atoms. The van der Waals surface area contributed by atoms with Crippen molar-refractivity contribution in [1.82, 2.24) is 4.90 Å². The van der Waals surface area contributed by atoms with Crippen LogP contribution in [0, 0.1) is 5.92 Å². The number of hydrogen-bond donors (Lipinski definition) is 1. The lowest BCUT2D eigenvalue weighted by molar-refractivity contribution is 0.115. The van der Waals surface area contributed by atoms with Crippen LogP contribution in [0.3, 0.4) is 0 Å². The van der Waals surface area contributed by atoms with E-state index in [0.29, 0.717) is 6.04 Å². The number of nitrogens with zero attached hydrogens (tertiary/aromatic N) is 1. The highest BCUT2D eigenvalue weighted by atomic mass is 28.3. The van der Waals surface area contributed by atoms with Crippen LogP contribution in [0.5, 0.6) is 0 Å². The molecule has 0 radical (unpaired) electrons. The zero-order valence-corrected chi connectivity index (χ0v) is 14.5. The first kappa shape index (κ1) is 15.7. The van der Waals surface area contributed by atoms with Crippen molar-refractivity contribution in [2.45, 2.75) is 52.0 Å². The van der Waals surface area contributed by atoms with E-state index in [9.17, 15) is 0 Å². The molecular formula is C17H30N2Si. The maximum atomic E-state index is 5.95. The molecule has 0 bridgehead atoms. The number of piperidine rings is 1. The van der Waals surface area contributed by atoms with Crippen molar-refractivity contribution >= 4 is 13.3 Å². The van der Waals surface area contributed by atoms with Crippen LogP contribution in [0.25, 0.3) is 0 Å². The fourth-order valence-corrected chi connectivity index (χ4v) is 4.26. The van der Waals surface area contributed by atoms with Gasteiger partial charge in [-0.05, 0) is 30.9 Å². The van der Waals surface area contributed by atoms with Gasteiger partial charge in [-0.15, -0.1) is 0 Å². The fourth-order valence-electron chi connectivity index (χ4n) is 3.10. The number of hydrogen-bond acceptors (Lipinski definition) is 2. The minimum Gasteiger partial charge on any atom is -0.329 e. The molecule has 1 saturated heterocycles. The highest BCUT2D eigenvalue weighted by Crippen LogP contribution is 2.23. The molecule has 1 aromatic carbocycles. The maximum Gasteiger partial charge on any atom is 0.0775 e. The predicted octanol–water partition coefficient (Wildman–Crippen LogP) is 2.79. The van der Waals surface area contributed by atoms with Crippen molar-refractivity contribution in [2.24, 2.45) is 11.7 Å². The number of likely N-dealkylation sites (tertiary alicyclic amines) is 1. The Morgan fingerprint density at radius 3 is 2.40 bits per heavy atom. The first-order valence-electron chi connectivity index (χ1n) is 7.93. The minimum atomic E-state index is -1.17. The molecule has 0 saturated carbocycles. The normalized spacial score (nSPS) is 24.9. The third kappa shape index (κ3) is 3.93. The van der Waals surface area contributed by atoms with Crippen molar-refractivity contribution in [3.63, 3.8) is 0 Å². The molecule has 0 aliphatic carbocycles. The van der Waals surface area contributed by atoms with Gasteiger partial charge in [0.05, 0.1) is 8.07 Å². The van der Waals surface area contributed by atoms with Crippen LogP contribution in [-0.4, -0.2) is 32.1 Å². The van der Waals surface area contributed by atoms with E-state index in [4.69, 9.17) is 5.73 Å². The van der Waals surface area contributed by atoms with Crippen molar-refractivity contribution in [1.29, 1.82) is 0 Å². The first-order valence-corrected chi connectivity index (χ1v) is 11.4. The third-order valence-corrected chi connectivity index (χ3v) is 6.64. The number of nitrogens with two attached hydrogens (primary N) is 1. The molecule has 0 amide bonds. The van der Waals surface area contributed by atoms with Gasteiger partial charge in [0.15, 0.2) is 0 Å². The lowest BCUT2D eigenvalue weighted by Crippen LogP contribution is -2.45. The van der Waals surface area contributed by atoms with Crippen LogP contribution in [0.1, 0.15) is 25.3 Å². The summed E-state index contributed by atoms with van der Waals surface area (Å²) in [5.74, 6) is 0.828. The van der Waals surface area contributed by atoms with Gasteiger partial charge in [-0.2, -0.15) is 0 Å². The summed E-state index contributed by atoms with van der Waals surface area (Å²) in [5.41, 5.74) is 7.39. The molecule has 1 aliphatic rings. The van der Waals surface area contributed by atoms with Crippen molar-refractivity contribution in [3.05, 3.63) is 29.8 Å². The summed E-state index contributed by atoms with van der Waals surface area (Å²) in [6.45, 7) is 12.6. The summed E-state index contributed by atoms with van der Waals surface area (Å²) in [7, 11) is -1.17. The highest BCUT2D eigenvalue weighted by molar-refractivity contribution is 6.88. The van der Waals surface area contributed by atoms with Gasteiger partial charge in [0.25, 0.3) is 0 Å². The number of rotatable bonds is 4. The molecule has 3 heteroatoms. The molecule has 2 nitrogen and oxygen atoms in total. The van der Waals surface area contributed by atoms with Crippen molar-refractivity contribution in [2.75, 3.05) is 13.1 Å². The van der Waals surface area contributed by atoms with Crippen LogP contribution in [0.15, 0.2) is 24.3 Å². The molecule has 1 aliphatic heterocycles. The maximum absolute atomic E-state index is 5.95. The van der Waals surface area contributed by atoms with E-state index in [0.717, 1.165) is 19.0 Å². The van der Waals surface area contributed by atoms with Crippen LogP contribution in [0.2, 0.25) is 19.6 Å². The Morgan fingerprint density at radius 1 is 1.20 bits per heavy atom. The zero-order chi connectivity index (χ0) is 14.8. The summed E-state index contributed by atoms with van der Waals surface area (Å²) < 4.78 is 0. The van der Waals surface area contributed by atoms with Gasteiger partial charge in [-0.3, -0.25) is 4.90 Å². The van der Waals surface area contributed by atoms with Gasteiger partial charge in [0.1, 0.15) is 0 Å². The quantitative estimate of drug-likeness (QED) is 0.864. The lowest BCUT2D eigenvalue weighted by atomic mass is 9.92. The van der Waals surface area contributed by atoms with E-state index in [1.807, 2.05) is 0 Å². The lowest BCUT2D eigenvalue weighted by Gasteiger charge is -2.38. The molecule has 1 aromatic rings. The monoisotopic (exact) mass is 290 g/mol. The Balaban J connectivity index is 2.02. The third-order valence-electron chi connectivity index (χ3n) is 4.58. The molecule has 112 valence electrons. The molecular weight excluding hydrogens is 260 g/mol. The van der Waals surface area contributed by atoms with Crippen LogP contribution in [-0.2, 0) is 6.54 Å². The van der Waals surface area contributed by atoms with Crippen LogP contribution >= 0.6 is 0 Å². The Kier molecular flexibility index (Phi) is 5.05. The average molecular weight is 291 g/mol. The van der Waals surface area contributed by atoms with Gasteiger partial charge >= 0.3 is 0 Å². The van der Waals surface area contributed by atoms with Gasteiger partial charge < -0.3 is 5.73 Å². The van der Waals surface area contributed by atoms with Crippen molar-refractivity contribution < 1.29 is 0 Å². The van der Waals surface area contributed by atoms with E-state index in [1.54, 1.807) is 5.19 Å². The second kappa shape index (κ2) is 6.42. The van der Waals surface area contributed by atoms with E-state index in [1.165, 1.54) is 24.9 Å². The summed E-state index contributed by atoms with van der Waals surface area (Å²) in [6, 6.07) is 9.88. The summed E-state index contributed by atoms with van der Waals surface area (Å²) in [6.07, 6.45) is 2.56. The Labute approximate surface area is 125 Å². The van der Waals surface area contributed by atoms with Crippen LogP contribution < -0.4 is 10.9 Å². The van der Waals surface area contributed by atoms with Crippen LogP contribution in [0.4, 0.5) is 0 Å². The summed E-state index contributed by atoms with van der Waals surface area (Å²) >= 11 is 0. The Morgan fingerprint density at radius 2 is 1.85 bits per heavy atom. The van der Waals surface area contributed by atoms with Gasteiger partial charge in [0, 0.05) is 19.1 Å². The topological polar surface area (TPSA) is 29.3 Å². The summed E-state index contributed by atoms with van der Waals surface area (Å²) in [5, 5.41) is 1.55. The second-order valence-electron chi connectivity index (χ2n) is 7.44. The molecule has 20 heavy (non-hydrogen) atoms. The summed E-state index contributed by atoms with van der Waals surface area (Å²) in [4.78, 5) is 2.57. The van der Waals surface area contributed by atoms with Gasteiger partial charge in [-0.25, -0.2) is 0 Å². The van der Waals surface area contributed by atoms with Gasteiger partial charge in [0.2, 0.25) is 0 Å². The minimum absolute atomic E-state index is 0.565. The smallest absolute Gasteiger partial charge is 0.0775 e. The van der Waals surface area contributed by atoms with Gasteiger partial charge in [-0.1, -0.05) is 56.0 Å². The standard InChI is InChI=1S/C17H30N2Si/c1-14-9-10-19(16(11-14)12-18)13-15-5-7-17(8-6-15)20(2,3)4/h5-8,14,16H,9-13,18H2,1-4H3. The van der Waals surface area contributed by atoms with E-state index in [-0.39, 0.29) is 0 Å². The fraction of sp³-hybridized carbons (Fsp3) is 0.647. The molecule has 2 rings (SSSR count). The zero-order valence-electron chi connectivity index (χ0n) is 13.5. The first-order chi connectivity index (χ1) is 9.40. The molecule has 2 N–H and O–H groups in total. The predicted molar refractivity (Wildman–Crippen MR) is 91.1 cm³/mol. The molecule has 2 atom stereocenters. The van der Waals surface area contributed by atoms with Crippen molar-refractivity contribution in [3.8, 4) is 0 Å². The largest absolute Gasteiger partial charge is 0.329 e.